The number of ether oxygens (including phenoxy) is 1. The zero-order valence-electron chi connectivity index (χ0n) is 15.7. The smallest absolute Gasteiger partial charge is 0.270 e. The second-order valence-corrected chi connectivity index (χ2v) is 7.54. The van der Waals surface area contributed by atoms with Crippen molar-refractivity contribution in [1.29, 1.82) is 0 Å². The lowest BCUT2D eigenvalue weighted by Crippen LogP contribution is -2.48. The third kappa shape index (κ3) is 3.05. The molecule has 1 atom stereocenters. The van der Waals surface area contributed by atoms with E-state index in [-0.39, 0.29) is 22.9 Å². The van der Waals surface area contributed by atoms with Gasteiger partial charge >= 0.3 is 0 Å². The van der Waals surface area contributed by atoms with E-state index in [1.165, 1.54) is 13.8 Å². The summed E-state index contributed by atoms with van der Waals surface area (Å²) in [4.78, 5) is 37.7. The van der Waals surface area contributed by atoms with E-state index < -0.39 is 4.87 Å². The molecule has 0 bridgehead atoms. The number of anilines is 1. The van der Waals surface area contributed by atoms with E-state index in [9.17, 15) is 14.4 Å². The normalized spacial score (nSPS) is 20.7. The van der Waals surface area contributed by atoms with Crippen LogP contribution < -0.4 is 15.0 Å². The van der Waals surface area contributed by atoms with E-state index in [4.69, 9.17) is 4.74 Å². The molecule has 2 heterocycles. The van der Waals surface area contributed by atoms with Crippen molar-refractivity contribution in [1.82, 2.24) is 10.3 Å². The van der Waals surface area contributed by atoms with E-state index in [0.29, 0.717) is 17.9 Å². The number of thioether (sulfide) groups is 1. The van der Waals surface area contributed by atoms with Crippen molar-refractivity contribution in [2.24, 2.45) is 5.10 Å². The Hall–Kier alpha value is -2.55. The van der Waals surface area contributed by atoms with Crippen molar-refractivity contribution in [3.8, 4) is 5.75 Å². The van der Waals surface area contributed by atoms with Gasteiger partial charge in [0.05, 0.1) is 12.8 Å². The lowest BCUT2D eigenvalue weighted by atomic mass is 10.1. The summed E-state index contributed by atoms with van der Waals surface area (Å²) in [5.74, 6) is -0.373. The molecule has 8 nitrogen and oxygen atoms in total. The van der Waals surface area contributed by atoms with Crippen molar-refractivity contribution in [2.75, 3.05) is 18.6 Å². The first-order chi connectivity index (χ1) is 12.8. The molecule has 3 rings (SSSR count). The molecule has 3 amide bonds. The van der Waals surface area contributed by atoms with Gasteiger partial charge in [-0.25, -0.2) is 0 Å². The number of nitrogens with zero attached hydrogens (tertiary/aromatic N) is 3. The summed E-state index contributed by atoms with van der Waals surface area (Å²) < 4.78 is 5.33. The molecule has 1 aromatic rings. The maximum atomic E-state index is 13.5. The number of carbonyl (C=O) groups is 3. The summed E-state index contributed by atoms with van der Waals surface area (Å²) in [5.41, 5.74) is 1.36. The Balaban J connectivity index is 2.15. The summed E-state index contributed by atoms with van der Waals surface area (Å²) in [6.07, 6.45) is 1.76. The Bertz CT molecular complexity index is 841. The molecule has 27 heavy (non-hydrogen) atoms. The van der Waals surface area contributed by atoms with Crippen LogP contribution in [-0.4, -0.2) is 41.6 Å². The SMILES string of the molecule is CCCCN1C(=O)C2(SC(NC(C)=O)=NN2C(C)=O)c2cc(OC)ccc21. The minimum atomic E-state index is -1.37. The molecule has 2 aliphatic rings. The number of methoxy groups -OCH3 is 1. The minimum Gasteiger partial charge on any atom is -0.497 e. The highest BCUT2D eigenvalue weighted by molar-refractivity contribution is 8.15. The van der Waals surface area contributed by atoms with Crippen LogP contribution in [0.15, 0.2) is 23.3 Å². The van der Waals surface area contributed by atoms with Crippen molar-refractivity contribution in [3.63, 3.8) is 0 Å². The van der Waals surface area contributed by atoms with Crippen molar-refractivity contribution in [2.45, 2.75) is 38.5 Å². The number of unbranched alkanes of at least 4 members (excludes halogenated alkanes) is 1. The van der Waals surface area contributed by atoms with E-state index >= 15 is 0 Å². The minimum absolute atomic E-state index is 0.220. The number of fused-ring (bicyclic) bond motifs is 2. The van der Waals surface area contributed by atoms with Crippen LogP contribution in [0, 0.1) is 0 Å². The predicted octanol–water partition coefficient (Wildman–Crippen LogP) is 2.00. The van der Waals surface area contributed by atoms with Crippen LogP contribution >= 0.6 is 11.8 Å². The molecule has 0 radical (unpaired) electrons. The fourth-order valence-electron chi connectivity index (χ4n) is 3.26. The number of nitrogens with one attached hydrogen (secondary N) is 1. The largest absolute Gasteiger partial charge is 0.497 e. The molecular formula is C18H22N4O4S. The van der Waals surface area contributed by atoms with Crippen LogP contribution in [0.2, 0.25) is 0 Å². The van der Waals surface area contributed by atoms with Gasteiger partial charge in [-0.15, -0.1) is 5.10 Å². The first kappa shape index (κ1) is 19.2. The highest BCUT2D eigenvalue weighted by Crippen LogP contribution is 2.55. The predicted molar refractivity (Wildman–Crippen MR) is 103 cm³/mol. The number of amidine groups is 1. The molecule has 144 valence electrons. The molecule has 1 unspecified atom stereocenters. The Kier molecular flexibility index (Phi) is 5.14. The van der Waals surface area contributed by atoms with Crippen LogP contribution in [0.3, 0.4) is 0 Å². The topological polar surface area (TPSA) is 91.3 Å². The highest BCUT2D eigenvalue weighted by atomic mass is 32.2. The molecule has 0 saturated carbocycles. The van der Waals surface area contributed by atoms with Gasteiger partial charge in [0, 0.05) is 26.0 Å². The number of hydrogen-bond donors (Lipinski definition) is 1. The van der Waals surface area contributed by atoms with E-state index in [1.54, 1.807) is 24.1 Å². The van der Waals surface area contributed by atoms with E-state index in [0.717, 1.165) is 35.3 Å². The van der Waals surface area contributed by atoms with Crippen LogP contribution in [0.25, 0.3) is 0 Å². The standard InChI is InChI=1S/C18H22N4O4S/c1-5-6-9-21-15-8-7-13(26-4)10-14(15)18(16(21)25)22(12(3)24)20-17(27-18)19-11(2)23/h7-8,10H,5-6,9H2,1-4H3,(H,19,20,23). The highest BCUT2D eigenvalue weighted by Gasteiger charge is 2.61. The van der Waals surface area contributed by atoms with Gasteiger partial charge in [-0.2, -0.15) is 5.01 Å². The number of rotatable bonds is 4. The summed E-state index contributed by atoms with van der Waals surface area (Å²) in [6.45, 7) is 5.30. The van der Waals surface area contributed by atoms with Gasteiger partial charge in [0.15, 0.2) is 5.17 Å². The Morgan fingerprint density at radius 1 is 1.33 bits per heavy atom. The van der Waals surface area contributed by atoms with Crippen molar-refractivity contribution < 1.29 is 19.1 Å². The second kappa shape index (κ2) is 7.22. The number of benzene rings is 1. The molecule has 0 saturated heterocycles. The third-order valence-corrected chi connectivity index (χ3v) is 5.68. The molecular weight excluding hydrogens is 368 g/mol. The van der Waals surface area contributed by atoms with Crippen molar-refractivity contribution in [3.05, 3.63) is 23.8 Å². The summed E-state index contributed by atoms with van der Waals surface area (Å²) >= 11 is 1.07. The Labute approximate surface area is 161 Å². The number of carbonyl (C=O) groups excluding carboxylic acids is 3. The van der Waals surface area contributed by atoms with E-state index in [2.05, 4.69) is 17.3 Å². The number of hydrogen-bond acceptors (Lipinski definition) is 6. The van der Waals surface area contributed by atoms with Gasteiger partial charge in [-0.05, 0) is 36.4 Å². The average molecular weight is 390 g/mol. The first-order valence-electron chi connectivity index (χ1n) is 8.71. The van der Waals surface area contributed by atoms with Gasteiger partial charge in [-0.3, -0.25) is 14.4 Å². The lowest BCUT2D eigenvalue weighted by molar-refractivity contribution is -0.139. The van der Waals surface area contributed by atoms with Gasteiger partial charge in [0.25, 0.3) is 5.91 Å². The fourth-order valence-corrected chi connectivity index (χ4v) is 4.58. The average Bonchev–Trinajstić information content (AvgIpc) is 3.11. The van der Waals surface area contributed by atoms with Crippen LogP contribution in [-0.2, 0) is 19.3 Å². The molecule has 2 aliphatic heterocycles. The molecule has 0 fully saturated rings. The third-order valence-electron chi connectivity index (χ3n) is 4.44. The monoisotopic (exact) mass is 390 g/mol. The molecule has 0 aliphatic carbocycles. The lowest BCUT2D eigenvalue weighted by Gasteiger charge is -2.29. The van der Waals surface area contributed by atoms with Crippen LogP contribution in [0.5, 0.6) is 5.75 Å². The molecule has 0 aromatic heterocycles. The fraction of sp³-hybridized carbons (Fsp3) is 0.444. The summed E-state index contributed by atoms with van der Waals surface area (Å²) in [5, 5.41) is 8.20. The maximum absolute atomic E-state index is 13.5. The van der Waals surface area contributed by atoms with Gasteiger partial charge < -0.3 is 15.0 Å². The molecule has 1 N–H and O–H groups in total. The summed E-state index contributed by atoms with van der Waals surface area (Å²) in [6, 6.07) is 5.37. The molecule has 1 spiro atoms. The molecule has 1 aromatic carbocycles. The second-order valence-electron chi connectivity index (χ2n) is 6.36. The van der Waals surface area contributed by atoms with Crippen LogP contribution in [0.4, 0.5) is 5.69 Å². The number of amides is 3. The quantitative estimate of drug-likeness (QED) is 0.849. The van der Waals surface area contributed by atoms with Gasteiger partial charge in [0.2, 0.25) is 16.7 Å². The zero-order valence-corrected chi connectivity index (χ0v) is 16.6. The molecule has 9 heteroatoms. The zero-order chi connectivity index (χ0) is 19.8. The Morgan fingerprint density at radius 2 is 2.07 bits per heavy atom. The maximum Gasteiger partial charge on any atom is 0.270 e. The van der Waals surface area contributed by atoms with Gasteiger partial charge in [-0.1, -0.05) is 13.3 Å². The first-order valence-corrected chi connectivity index (χ1v) is 9.53. The summed E-state index contributed by atoms with van der Waals surface area (Å²) in [7, 11) is 1.55. The Morgan fingerprint density at radius 3 is 2.67 bits per heavy atom. The van der Waals surface area contributed by atoms with Crippen LogP contribution in [0.1, 0.15) is 39.2 Å². The van der Waals surface area contributed by atoms with Crippen molar-refractivity contribution >= 4 is 40.3 Å². The van der Waals surface area contributed by atoms with E-state index in [1.807, 2.05) is 6.07 Å². The number of hydrazone groups is 1. The van der Waals surface area contributed by atoms with Gasteiger partial charge in [0.1, 0.15) is 5.75 Å².